The van der Waals surface area contributed by atoms with Crippen LogP contribution in [0, 0.1) is 19.8 Å². The zero-order valence-electron chi connectivity index (χ0n) is 18.8. The highest BCUT2D eigenvalue weighted by molar-refractivity contribution is 6.43. The van der Waals surface area contributed by atoms with Crippen molar-refractivity contribution in [3.63, 3.8) is 0 Å². The van der Waals surface area contributed by atoms with E-state index in [2.05, 4.69) is 15.6 Å². The van der Waals surface area contributed by atoms with Crippen molar-refractivity contribution < 1.29 is 32.7 Å². The molecule has 3 N–H and O–H groups in total. The van der Waals surface area contributed by atoms with Gasteiger partial charge in [-0.3, -0.25) is 14.4 Å². The zero-order valence-corrected chi connectivity index (χ0v) is 18.8. The standard InChI is InChI=1S/C23H25F3N4O4/c1-12-7-14(8-27-19(12)24)28-20(33)16-13(2)17(30-6-4-3-5-15(16)30)18(32)21(34)29-22(11-31)9-23(25,26)10-22/h7-8,31H,3-6,9-11H2,1-2H3,(H,28,33)(H,29,34). The van der Waals surface area contributed by atoms with E-state index >= 15 is 0 Å². The maximum Gasteiger partial charge on any atom is 0.294 e. The van der Waals surface area contributed by atoms with Crippen LogP contribution in [0.15, 0.2) is 12.3 Å². The van der Waals surface area contributed by atoms with Crippen molar-refractivity contribution in [2.24, 2.45) is 0 Å². The summed E-state index contributed by atoms with van der Waals surface area (Å²) in [6.07, 6.45) is 1.70. The fraction of sp³-hybridized carbons (Fsp3) is 0.478. The largest absolute Gasteiger partial charge is 0.394 e. The zero-order chi connectivity index (χ0) is 24.8. The number of nitrogens with zero attached hydrogens (tertiary/aromatic N) is 2. The molecular formula is C23H25F3N4O4. The van der Waals surface area contributed by atoms with Crippen LogP contribution in [0.1, 0.15) is 63.4 Å². The van der Waals surface area contributed by atoms with Gasteiger partial charge in [-0.15, -0.1) is 0 Å². The minimum absolute atomic E-state index is 0.0185. The Hall–Kier alpha value is -3.21. The lowest BCUT2D eigenvalue weighted by atomic mass is 9.74. The normalized spacial score (nSPS) is 17.9. The lowest BCUT2D eigenvalue weighted by Gasteiger charge is -2.46. The first kappa shape index (κ1) is 23.9. The summed E-state index contributed by atoms with van der Waals surface area (Å²) < 4.78 is 41.9. The molecule has 0 unspecified atom stereocenters. The summed E-state index contributed by atoms with van der Waals surface area (Å²) in [4.78, 5) is 42.6. The van der Waals surface area contributed by atoms with Crippen LogP contribution in [0.3, 0.4) is 0 Å². The molecule has 8 nitrogen and oxygen atoms in total. The molecule has 0 aromatic carbocycles. The monoisotopic (exact) mass is 478 g/mol. The minimum Gasteiger partial charge on any atom is -0.394 e. The predicted molar refractivity (Wildman–Crippen MR) is 115 cm³/mol. The van der Waals surface area contributed by atoms with Crippen LogP contribution in [0.4, 0.5) is 18.9 Å². The second-order valence-electron chi connectivity index (χ2n) is 9.12. The van der Waals surface area contributed by atoms with Gasteiger partial charge in [0.25, 0.3) is 23.5 Å². The van der Waals surface area contributed by atoms with Crippen LogP contribution >= 0.6 is 0 Å². The number of aliphatic hydroxyl groups excluding tert-OH is 1. The van der Waals surface area contributed by atoms with Crippen LogP contribution in [-0.4, -0.2) is 50.3 Å². The Morgan fingerprint density at radius 3 is 2.53 bits per heavy atom. The fourth-order valence-electron chi connectivity index (χ4n) is 4.87. The molecule has 34 heavy (non-hydrogen) atoms. The molecule has 2 aromatic rings. The highest BCUT2D eigenvalue weighted by atomic mass is 19.3. The van der Waals surface area contributed by atoms with E-state index in [0.717, 1.165) is 12.8 Å². The third kappa shape index (κ3) is 4.20. The van der Waals surface area contributed by atoms with Crippen LogP contribution in [-0.2, 0) is 17.8 Å². The predicted octanol–water partition coefficient (Wildman–Crippen LogP) is 2.69. The number of aromatic nitrogens is 2. The van der Waals surface area contributed by atoms with E-state index < -0.39 is 54.5 Å². The summed E-state index contributed by atoms with van der Waals surface area (Å²) in [6.45, 7) is 2.76. The first-order valence-corrected chi connectivity index (χ1v) is 11.0. The van der Waals surface area contributed by atoms with Crippen molar-refractivity contribution in [2.45, 2.75) is 64.0 Å². The van der Waals surface area contributed by atoms with E-state index in [4.69, 9.17) is 0 Å². The number of rotatable bonds is 6. The number of carbonyl (C=O) groups excluding carboxylic acids is 3. The number of aliphatic hydroxyl groups is 1. The molecule has 11 heteroatoms. The van der Waals surface area contributed by atoms with Crippen molar-refractivity contribution in [1.29, 1.82) is 0 Å². The topological polar surface area (TPSA) is 113 Å². The van der Waals surface area contributed by atoms with Gasteiger partial charge in [0.15, 0.2) is 0 Å². The molecule has 2 aromatic heterocycles. The van der Waals surface area contributed by atoms with Gasteiger partial charge in [0.2, 0.25) is 5.95 Å². The summed E-state index contributed by atoms with van der Waals surface area (Å²) >= 11 is 0. The SMILES string of the molecule is Cc1cc(NC(=O)c2c(C)c(C(=O)C(=O)NC3(CO)CC(F)(F)C3)n3c2CCCC3)cnc1F. The number of halogens is 3. The number of alkyl halides is 2. The Labute approximate surface area is 193 Å². The van der Waals surface area contributed by atoms with Crippen LogP contribution in [0.25, 0.3) is 0 Å². The Bertz CT molecular complexity index is 1180. The lowest BCUT2D eigenvalue weighted by Crippen LogP contribution is -2.65. The molecule has 1 fully saturated rings. The minimum atomic E-state index is -3.01. The van der Waals surface area contributed by atoms with Gasteiger partial charge in [-0.05, 0) is 44.7 Å². The lowest BCUT2D eigenvalue weighted by molar-refractivity contribution is -0.154. The highest BCUT2D eigenvalue weighted by Crippen LogP contribution is 2.45. The Morgan fingerprint density at radius 2 is 1.91 bits per heavy atom. The van der Waals surface area contributed by atoms with Gasteiger partial charge in [0, 0.05) is 30.6 Å². The van der Waals surface area contributed by atoms with E-state index in [1.54, 1.807) is 11.5 Å². The highest BCUT2D eigenvalue weighted by Gasteiger charge is 2.57. The number of anilines is 1. The quantitative estimate of drug-likeness (QED) is 0.336. The first-order chi connectivity index (χ1) is 16.0. The second-order valence-corrected chi connectivity index (χ2v) is 9.12. The number of hydrogen-bond donors (Lipinski definition) is 3. The molecule has 1 aliphatic heterocycles. The number of nitrogens with one attached hydrogen (secondary N) is 2. The molecule has 0 bridgehead atoms. The smallest absolute Gasteiger partial charge is 0.294 e. The molecule has 0 spiro atoms. The summed E-state index contributed by atoms with van der Waals surface area (Å²) in [6, 6.07) is 1.43. The van der Waals surface area contributed by atoms with Crippen molar-refractivity contribution in [2.75, 3.05) is 11.9 Å². The Morgan fingerprint density at radius 1 is 1.21 bits per heavy atom. The van der Waals surface area contributed by atoms with Gasteiger partial charge in [-0.1, -0.05) is 0 Å². The molecule has 1 aliphatic carbocycles. The third-order valence-corrected chi connectivity index (χ3v) is 6.46. The van der Waals surface area contributed by atoms with Gasteiger partial charge >= 0.3 is 0 Å². The third-order valence-electron chi connectivity index (χ3n) is 6.46. The van der Waals surface area contributed by atoms with E-state index in [0.29, 0.717) is 24.2 Å². The van der Waals surface area contributed by atoms with E-state index in [9.17, 15) is 32.7 Å². The molecule has 4 rings (SSSR count). The van der Waals surface area contributed by atoms with Crippen LogP contribution in [0.5, 0.6) is 0 Å². The number of Topliss-reactive ketones (excluding diaryl/α,β-unsaturated/α-hetero) is 1. The maximum absolute atomic E-state index is 13.5. The summed E-state index contributed by atoms with van der Waals surface area (Å²) in [5.74, 6) is -6.26. The number of pyridine rings is 1. The molecule has 3 heterocycles. The average molecular weight is 478 g/mol. The van der Waals surface area contributed by atoms with E-state index in [1.165, 1.54) is 19.2 Å². The molecule has 2 amide bonds. The number of hydrogen-bond acceptors (Lipinski definition) is 5. The Kier molecular flexibility index (Phi) is 6.01. The van der Waals surface area contributed by atoms with Crippen LogP contribution < -0.4 is 10.6 Å². The maximum atomic E-state index is 13.5. The van der Waals surface area contributed by atoms with Crippen molar-refractivity contribution >= 4 is 23.3 Å². The van der Waals surface area contributed by atoms with Crippen molar-refractivity contribution in [3.05, 3.63) is 46.3 Å². The van der Waals surface area contributed by atoms with Gasteiger partial charge in [0.05, 0.1) is 35.3 Å². The van der Waals surface area contributed by atoms with Crippen LogP contribution in [0.2, 0.25) is 0 Å². The van der Waals surface area contributed by atoms with Gasteiger partial charge in [-0.2, -0.15) is 4.39 Å². The number of ketones is 1. The molecule has 2 aliphatic rings. The molecular weight excluding hydrogens is 453 g/mol. The second kappa shape index (κ2) is 8.53. The number of aryl methyl sites for hydroxylation is 1. The van der Waals surface area contributed by atoms with Gasteiger partial charge < -0.3 is 20.3 Å². The Balaban J connectivity index is 1.63. The average Bonchev–Trinajstić information content (AvgIpc) is 3.05. The van der Waals surface area contributed by atoms with Gasteiger partial charge in [0.1, 0.15) is 0 Å². The molecule has 182 valence electrons. The number of fused-ring (bicyclic) bond motifs is 1. The fourth-order valence-corrected chi connectivity index (χ4v) is 4.87. The molecule has 0 saturated heterocycles. The van der Waals surface area contributed by atoms with E-state index in [1.807, 2.05) is 0 Å². The van der Waals surface area contributed by atoms with E-state index in [-0.39, 0.29) is 22.5 Å². The summed E-state index contributed by atoms with van der Waals surface area (Å²) in [5, 5.41) is 14.5. The summed E-state index contributed by atoms with van der Waals surface area (Å²) in [5.41, 5.74) is 0.125. The first-order valence-electron chi connectivity index (χ1n) is 11.0. The number of carbonyl (C=O) groups is 3. The van der Waals surface area contributed by atoms with Crippen molar-refractivity contribution in [3.8, 4) is 0 Å². The van der Waals surface area contributed by atoms with Gasteiger partial charge in [-0.25, -0.2) is 13.8 Å². The molecule has 1 saturated carbocycles. The summed E-state index contributed by atoms with van der Waals surface area (Å²) in [7, 11) is 0. The molecule has 0 radical (unpaired) electrons. The number of amides is 2. The van der Waals surface area contributed by atoms with Crippen molar-refractivity contribution in [1.82, 2.24) is 14.9 Å². The molecule has 0 atom stereocenters.